The average molecular weight is 313 g/mol. The van der Waals surface area contributed by atoms with Crippen molar-refractivity contribution in [2.45, 2.75) is 0 Å². The van der Waals surface area contributed by atoms with Gasteiger partial charge in [0.1, 0.15) is 5.82 Å². The van der Waals surface area contributed by atoms with E-state index in [1.54, 1.807) is 12.1 Å². The Labute approximate surface area is 131 Å². The molecule has 0 radical (unpaired) electrons. The van der Waals surface area contributed by atoms with E-state index in [1.807, 2.05) is 12.1 Å². The summed E-state index contributed by atoms with van der Waals surface area (Å²) in [5.41, 5.74) is 2.73. The van der Waals surface area contributed by atoms with Gasteiger partial charge in [-0.15, -0.1) is 0 Å². The molecule has 0 fully saturated rings. The number of H-pyrrole nitrogens is 1. The minimum absolute atomic E-state index is 0.515. The van der Waals surface area contributed by atoms with Gasteiger partial charge in [0.25, 0.3) is 0 Å². The maximum atomic E-state index is 6.04. The molecule has 0 aliphatic heterocycles. The second-order valence-electron chi connectivity index (χ2n) is 4.93. The predicted molar refractivity (Wildman–Crippen MR) is 89.1 cm³/mol. The van der Waals surface area contributed by atoms with Crippen molar-refractivity contribution in [3.05, 3.63) is 64.6 Å². The van der Waals surface area contributed by atoms with Gasteiger partial charge in [-0.1, -0.05) is 59.6 Å². The number of hydrogen-bond donors (Lipinski definition) is 1. The Morgan fingerprint density at radius 1 is 0.810 bits per heavy atom. The first kappa shape index (κ1) is 12.7. The summed E-state index contributed by atoms with van der Waals surface area (Å²) in [6.45, 7) is 0. The molecule has 0 atom stereocenters. The van der Waals surface area contributed by atoms with E-state index in [9.17, 15) is 0 Å². The highest BCUT2D eigenvalue weighted by Gasteiger charge is 2.08. The molecule has 0 amide bonds. The molecule has 0 aliphatic carbocycles. The second-order valence-corrected chi connectivity index (χ2v) is 5.75. The van der Waals surface area contributed by atoms with Crippen LogP contribution < -0.4 is 0 Å². The normalized spacial score (nSPS) is 11.3. The predicted octanol–water partition coefficient (Wildman–Crippen LogP) is 5.69. The van der Waals surface area contributed by atoms with Crippen LogP contribution in [-0.4, -0.2) is 9.97 Å². The van der Waals surface area contributed by atoms with E-state index in [0.29, 0.717) is 10.0 Å². The van der Waals surface area contributed by atoms with Crippen molar-refractivity contribution >= 4 is 45.0 Å². The quantitative estimate of drug-likeness (QED) is 0.480. The number of fused-ring (bicyclic) bond motifs is 2. The van der Waals surface area contributed by atoms with Gasteiger partial charge in [0.05, 0.1) is 21.1 Å². The first-order chi connectivity index (χ1) is 10.2. The molecule has 0 saturated heterocycles. The number of benzene rings is 3. The summed E-state index contributed by atoms with van der Waals surface area (Å²) in [4.78, 5) is 7.88. The summed E-state index contributed by atoms with van der Waals surface area (Å²) >= 11 is 12.1. The third kappa shape index (κ3) is 2.17. The molecule has 0 unspecified atom stereocenters. The van der Waals surface area contributed by atoms with Crippen molar-refractivity contribution in [1.29, 1.82) is 0 Å². The summed E-state index contributed by atoms with van der Waals surface area (Å²) in [6, 6.07) is 18.1. The van der Waals surface area contributed by atoms with Crippen molar-refractivity contribution in [2.75, 3.05) is 0 Å². The van der Waals surface area contributed by atoms with Gasteiger partial charge in [-0.05, 0) is 29.0 Å². The second kappa shape index (κ2) is 4.76. The largest absolute Gasteiger partial charge is 0.338 e. The molecule has 102 valence electrons. The maximum Gasteiger partial charge on any atom is 0.138 e. The highest BCUT2D eigenvalue weighted by Crippen LogP contribution is 2.29. The molecule has 4 aromatic rings. The highest BCUT2D eigenvalue weighted by atomic mass is 35.5. The van der Waals surface area contributed by atoms with Gasteiger partial charge in [-0.3, -0.25) is 0 Å². The van der Waals surface area contributed by atoms with E-state index in [1.165, 1.54) is 10.8 Å². The molecule has 0 spiro atoms. The van der Waals surface area contributed by atoms with Gasteiger partial charge < -0.3 is 4.98 Å². The Morgan fingerprint density at radius 2 is 1.57 bits per heavy atom. The zero-order valence-corrected chi connectivity index (χ0v) is 12.4. The summed E-state index contributed by atoms with van der Waals surface area (Å²) in [7, 11) is 0. The minimum Gasteiger partial charge on any atom is -0.338 e. The molecule has 2 nitrogen and oxygen atoms in total. The fourth-order valence-electron chi connectivity index (χ4n) is 2.48. The van der Waals surface area contributed by atoms with Crippen molar-refractivity contribution in [3.8, 4) is 11.4 Å². The molecule has 4 heteroatoms. The zero-order chi connectivity index (χ0) is 14.4. The molecule has 1 aromatic heterocycles. The molecule has 0 saturated carbocycles. The molecule has 21 heavy (non-hydrogen) atoms. The van der Waals surface area contributed by atoms with E-state index in [-0.39, 0.29) is 0 Å². The van der Waals surface area contributed by atoms with Crippen molar-refractivity contribution in [3.63, 3.8) is 0 Å². The third-order valence-corrected chi connectivity index (χ3v) is 4.27. The van der Waals surface area contributed by atoms with E-state index in [0.717, 1.165) is 22.4 Å². The van der Waals surface area contributed by atoms with Crippen LogP contribution in [0.4, 0.5) is 0 Å². The lowest BCUT2D eigenvalue weighted by molar-refractivity contribution is 1.34. The molecular formula is C17H10Cl2N2. The molecular weight excluding hydrogens is 303 g/mol. The van der Waals surface area contributed by atoms with Crippen LogP contribution in [0.2, 0.25) is 10.0 Å². The minimum atomic E-state index is 0.515. The smallest absolute Gasteiger partial charge is 0.138 e. The molecule has 4 rings (SSSR count). The average Bonchev–Trinajstić information content (AvgIpc) is 2.90. The van der Waals surface area contributed by atoms with Crippen molar-refractivity contribution in [1.82, 2.24) is 9.97 Å². The Kier molecular flexibility index (Phi) is 2.88. The SMILES string of the molecule is Clc1cc2nc(-c3ccc4ccccc4c3)[nH]c2cc1Cl. The van der Waals surface area contributed by atoms with Gasteiger partial charge in [-0.2, -0.15) is 0 Å². The number of aromatic amines is 1. The Morgan fingerprint density at radius 3 is 2.43 bits per heavy atom. The maximum absolute atomic E-state index is 6.04. The summed E-state index contributed by atoms with van der Waals surface area (Å²) in [5.74, 6) is 0.814. The van der Waals surface area contributed by atoms with Crippen LogP contribution in [0, 0.1) is 0 Å². The Hall–Kier alpha value is -2.03. The van der Waals surface area contributed by atoms with Crippen LogP contribution >= 0.6 is 23.2 Å². The molecule has 3 aromatic carbocycles. The lowest BCUT2D eigenvalue weighted by Crippen LogP contribution is -1.80. The first-order valence-electron chi connectivity index (χ1n) is 6.55. The molecule has 0 aliphatic rings. The topological polar surface area (TPSA) is 28.7 Å². The summed E-state index contributed by atoms with van der Waals surface area (Å²) < 4.78 is 0. The lowest BCUT2D eigenvalue weighted by Gasteiger charge is -2.00. The van der Waals surface area contributed by atoms with E-state index in [4.69, 9.17) is 23.2 Å². The van der Waals surface area contributed by atoms with Crippen LogP contribution in [0.1, 0.15) is 0 Å². The van der Waals surface area contributed by atoms with Crippen LogP contribution in [0.5, 0.6) is 0 Å². The fraction of sp³-hybridized carbons (Fsp3) is 0. The Balaban J connectivity index is 1.91. The number of imidazole rings is 1. The van der Waals surface area contributed by atoms with Gasteiger partial charge in [0, 0.05) is 5.56 Å². The van der Waals surface area contributed by atoms with Gasteiger partial charge in [-0.25, -0.2) is 4.98 Å². The summed E-state index contributed by atoms with van der Waals surface area (Å²) in [6.07, 6.45) is 0. The van der Waals surface area contributed by atoms with Crippen molar-refractivity contribution < 1.29 is 0 Å². The standard InChI is InChI=1S/C17H10Cl2N2/c18-13-8-15-16(9-14(13)19)21-17(20-15)12-6-5-10-3-1-2-4-11(10)7-12/h1-9H,(H,20,21). The number of nitrogens with zero attached hydrogens (tertiary/aromatic N) is 1. The Bertz CT molecular complexity index is 934. The van der Waals surface area contributed by atoms with E-state index < -0.39 is 0 Å². The number of aromatic nitrogens is 2. The monoisotopic (exact) mass is 312 g/mol. The zero-order valence-electron chi connectivity index (χ0n) is 10.9. The molecule has 1 heterocycles. The highest BCUT2D eigenvalue weighted by molar-refractivity contribution is 6.42. The van der Waals surface area contributed by atoms with Crippen molar-refractivity contribution in [2.24, 2.45) is 0 Å². The van der Waals surface area contributed by atoms with E-state index in [2.05, 4.69) is 40.3 Å². The van der Waals surface area contributed by atoms with Crippen LogP contribution in [0.3, 0.4) is 0 Å². The third-order valence-electron chi connectivity index (χ3n) is 3.55. The number of halogens is 2. The van der Waals surface area contributed by atoms with Crippen LogP contribution in [0.25, 0.3) is 33.2 Å². The number of rotatable bonds is 1. The first-order valence-corrected chi connectivity index (χ1v) is 7.30. The summed E-state index contributed by atoms with van der Waals surface area (Å²) in [5, 5.41) is 3.44. The number of hydrogen-bond acceptors (Lipinski definition) is 1. The fourth-order valence-corrected chi connectivity index (χ4v) is 2.80. The molecule has 1 N–H and O–H groups in total. The van der Waals surface area contributed by atoms with Crippen LogP contribution in [0.15, 0.2) is 54.6 Å². The van der Waals surface area contributed by atoms with E-state index >= 15 is 0 Å². The molecule has 0 bridgehead atoms. The van der Waals surface area contributed by atoms with Gasteiger partial charge in [0.2, 0.25) is 0 Å². The van der Waals surface area contributed by atoms with Crippen LogP contribution in [-0.2, 0) is 0 Å². The number of nitrogens with one attached hydrogen (secondary N) is 1. The van der Waals surface area contributed by atoms with Gasteiger partial charge in [0.15, 0.2) is 0 Å². The lowest BCUT2D eigenvalue weighted by atomic mass is 10.1. The van der Waals surface area contributed by atoms with Gasteiger partial charge >= 0.3 is 0 Å².